The lowest BCUT2D eigenvalue weighted by Gasteiger charge is -2.19. The number of anilines is 2. The lowest BCUT2D eigenvalue weighted by molar-refractivity contribution is -0.120. The number of methoxy groups -OCH3 is 2. The van der Waals surface area contributed by atoms with Crippen LogP contribution in [-0.4, -0.2) is 26.0 Å². The number of nitrogens with zero attached hydrogens (tertiary/aromatic N) is 1. The van der Waals surface area contributed by atoms with Crippen LogP contribution in [0.4, 0.5) is 11.4 Å². The molecule has 34 heavy (non-hydrogen) atoms. The van der Waals surface area contributed by atoms with E-state index in [4.69, 9.17) is 9.47 Å². The molecular formula is C28H28N2O4. The topological polar surface area (TPSA) is 67.9 Å². The minimum absolute atomic E-state index is 0.0103. The van der Waals surface area contributed by atoms with Gasteiger partial charge in [-0.3, -0.25) is 9.59 Å². The van der Waals surface area contributed by atoms with Crippen molar-refractivity contribution in [3.63, 3.8) is 0 Å². The fourth-order valence-electron chi connectivity index (χ4n) is 3.91. The first kappa shape index (κ1) is 23.1. The number of hydrogen-bond donors (Lipinski definition) is 1. The van der Waals surface area contributed by atoms with Gasteiger partial charge in [-0.15, -0.1) is 0 Å². The fraction of sp³-hybridized carbons (Fsp3) is 0.214. The van der Waals surface area contributed by atoms with Gasteiger partial charge in [-0.1, -0.05) is 63.2 Å². The van der Waals surface area contributed by atoms with Crippen molar-refractivity contribution in [2.45, 2.75) is 26.2 Å². The van der Waals surface area contributed by atoms with Crippen LogP contribution in [0, 0.1) is 0 Å². The third-order valence-electron chi connectivity index (χ3n) is 5.79. The van der Waals surface area contributed by atoms with Crippen LogP contribution in [0.5, 0.6) is 11.5 Å². The molecule has 0 unspecified atom stereocenters. The summed E-state index contributed by atoms with van der Waals surface area (Å²) in [5.74, 6) is 0.105. The zero-order valence-corrected chi connectivity index (χ0v) is 20.0. The van der Waals surface area contributed by atoms with Crippen LogP contribution in [0.2, 0.25) is 0 Å². The van der Waals surface area contributed by atoms with E-state index in [9.17, 15) is 9.59 Å². The summed E-state index contributed by atoms with van der Waals surface area (Å²) in [6.45, 7) is 6.43. The molecule has 1 aliphatic heterocycles. The first-order valence-electron chi connectivity index (χ1n) is 11.0. The summed E-state index contributed by atoms with van der Waals surface area (Å²) in [4.78, 5) is 28.4. The zero-order chi connectivity index (χ0) is 24.5. The second kappa shape index (κ2) is 9.06. The summed E-state index contributed by atoms with van der Waals surface area (Å²) >= 11 is 0. The number of imide groups is 1. The molecule has 0 bridgehead atoms. The van der Waals surface area contributed by atoms with Crippen LogP contribution < -0.4 is 19.7 Å². The lowest BCUT2D eigenvalue weighted by atomic mass is 9.87. The predicted molar refractivity (Wildman–Crippen MR) is 134 cm³/mol. The maximum Gasteiger partial charge on any atom is 0.282 e. The van der Waals surface area contributed by atoms with Crippen molar-refractivity contribution in [1.82, 2.24) is 0 Å². The maximum atomic E-state index is 13.6. The SMILES string of the molecule is COc1ccc(N2C(=O)C(Nc3ccc(C(C)(C)C)cc3)=C(c3ccccc3)C2=O)cc1OC. The number of benzene rings is 3. The van der Waals surface area contributed by atoms with Crippen LogP contribution in [-0.2, 0) is 15.0 Å². The molecule has 2 amide bonds. The van der Waals surface area contributed by atoms with Crippen LogP contribution in [0.1, 0.15) is 31.9 Å². The molecule has 0 aliphatic carbocycles. The fourth-order valence-corrected chi connectivity index (χ4v) is 3.91. The summed E-state index contributed by atoms with van der Waals surface area (Å²) in [7, 11) is 3.04. The van der Waals surface area contributed by atoms with Crippen molar-refractivity contribution in [3.05, 3.63) is 89.6 Å². The van der Waals surface area contributed by atoms with Crippen molar-refractivity contribution in [1.29, 1.82) is 0 Å². The molecule has 6 heteroatoms. The summed E-state index contributed by atoms with van der Waals surface area (Å²) in [6, 6.07) is 22.1. The Bertz CT molecular complexity index is 1260. The summed E-state index contributed by atoms with van der Waals surface area (Å²) < 4.78 is 10.7. The van der Waals surface area contributed by atoms with E-state index in [0.717, 1.165) is 10.6 Å². The average molecular weight is 457 g/mol. The molecule has 0 fully saturated rings. The largest absolute Gasteiger partial charge is 0.493 e. The molecule has 6 nitrogen and oxygen atoms in total. The van der Waals surface area contributed by atoms with Gasteiger partial charge in [0.15, 0.2) is 11.5 Å². The van der Waals surface area contributed by atoms with Gasteiger partial charge in [0.05, 0.1) is 25.5 Å². The van der Waals surface area contributed by atoms with E-state index < -0.39 is 11.8 Å². The minimum atomic E-state index is -0.434. The molecule has 1 heterocycles. The Labute approximate surface area is 199 Å². The smallest absolute Gasteiger partial charge is 0.282 e. The van der Waals surface area contributed by atoms with Crippen molar-refractivity contribution in [2.24, 2.45) is 0 Å². The lowest BCUT2D eigenvalue weighted by Crippen LogP contribution is -2.32. The van der Waals surface area contributed by atoms with Crippen molar-refractivity contribution < 1.29 is 19.1 Å². The van der Waals surface area contributed by atoms with Gasteiger partial charge in [-0.05, 0) is 40.8 Å². The van der Waals surface area contributed by atoms with Gasteiger partial charge in [-0.25, -0.2) is 4.90 Å². The predicted octanol–water partition coefficient (Wildman–Crippen LogP) is 5.40. The van der Waals surface area contributed by atoms with Gasteiger partial charge in [0.2, 0.25) is 0 Å². The number of ether oxygens (including phenoxy) is 2. The van der Waals surface area contributed by atoms with E-state index in [1.165, 1.54) is 19.8 Å². The molecule has 0 radical (unpaired) electrons. The Hall–Kier alpha value is -4.06. The van der Waals surface area contributed by atoms with Crippen LogP contribution >= 0.6 is 0 Å². The molecule has 3 aromatic rings. The molecule has 174 valence electrons. The van der Waals surface area contributed by atoms with Crippen molar-refractivity contribution >= 4 is 28.8 Å². The van der Waals surface area contributed by atoms with Crippen LogP contribution in [0.25, 0.3) is 5.57 Å². The zero-order valence-electron chi connectivity index (χ0n) is 20.0. The molecule has 0 saturated heterocycles. The Morgan fingerprint density at radius 1 is 0.765 bits per heavy atom. The monoisotopic (exact) mass is 456 g/mol. The van der Waals surface area contributed by atoms with Crippen LogP contribution in [0.3, 0.4) is 0 Å². The van der Waals surface area contributed by atoms with Crippen molar-refractivity contribution in [2.75, 3.05) is 24.4 Å². The van der Waals surface area contributed by atoms with E-state index in [1.54, 1.807) is 18.2 Å². The third-order valence-corrected chi connectivity index (χ3v) is 5.79. The van der Waals surface area contributed by atoms with Gasteiger partial charge >= 0.3 is 0 Å². The van der Waals surface area contributed by atoms with Gasteiger partial charge < -0.3 is 14.8 Å². The highest BCUT2D eigenvalue weighted by atomic mass is 16.5. The van der Waals surface area contributed by atoms with Gasteiger partial charge in [-0.2, -0.15) is 0 Å². The second-order valence-electron chi connectivity index (χ2n) is 9.05. The summed E-state index contributed by atoms with van der Waals surface area (Å²) in [6.07, 6.45) is 0. The summed E-state index contributed by atoms with van der Waals surface area (Å²) in [5.41, 5.74) is 3.53. The standard InChI is InChI=1S/C28H28N2O4/c1-28(2,3)19-11-13-20(14-12-19)29-25-24(18-9-7-6-8-10-18)26(31)30(27(25)32)21-15-16-22(33-4)23(17-21)34-5/h6-17,29H,1-5H3. The first-order valence-corrected chi connectivity index (χ1v) is 11.0. The highest BCUT2D eigenvalue weighted by Gasteiger charge is 2.40. The van der Waals surface area contributed by atoms with Gasteiger partial charge in [0.25, 0.3) is 11.8 Å². The number of amides is 2. The van der Waals surface area contributed by atoms with Gasteiger partial charge in [0, 0.05) is 11.8 Å². The van der Waals surface area contributed by atoms with Crippen molar-refractivity contribution in [3.8, 4) is 11.5 Å². The highest BCUT2D eigenvalue weighted by molar-refractivity contribution is 6.46. The van der Waals surface area contributed by atoms with E-state index >= 15 is 0 Å². The number of carbonyl (C=O) groups is 2. The van der Waals surface area contributed by atoms with Gasteiger partial charge in [0.1, 0.15) is 5.70 Å². The third kappa shape index (κ3) is 4.27. The van der Waals surface area contributed by atoms with E-state index in [2.05, 4.69) is 26.1 Å². The number of rotatable bonds is 6. The maximum absolute atomic E-state index is 13.6. The molecule has 0 saturated carbocycles. The van der Waals surface area contributed by atoms with E-state index in [-0.39, 0.29) is 11.1 Å². The Morgan fingerprint density at radius 2 is 1.41 bits per heavy atom. The second-order valence-corrected chi connectivity index (χ2v) is 9.05. The highest BCUT2D eigenvalue weighted by Crippen LogP contribution is 2.37. The minimum Gasteiger partial charge on any atom is -0.493 e. The Balaban J connectivity index is 1.76. The van der Waals surface area contributed by atoms with E-state index in [1.807, 2.05) is 54.6 Å². The molecule has 0 spiro atoms. The molecule has 3 aromatic carbocycles. The Morgan fingerprint density at radius 3 is 2.00 bits per heavy atom. The van der Waals surface area contributed by atoms with Crippen LogP contribution in [0.15, 0.2) is 78.5 Å². The molecular weight excluding hydrogens is 428 g/mol. The molecule has 0 atom stereocenters. The average Bonchev–Trinajstić information content (AvgIpc) is 3.08. The number of carbonyl (C=O) groups excluding carboxylic acids is 2. The normalized spacial score (nSPS) is 14.0. The molecule has 1 N–H and O–H groups in total. The molecule has 0 aromatic heterocycles. The number of nitrogens with one attached hydrogen (secondary N) is 1. The molecule has 4 rings (SSSR count). The molecule has 1 aliphatic rings. The number of hydrogen-bond acceptors (Lipinski definition) is 5. The quantitative estimate of drug-likeness (QED) is 0.503. The Kier molecular flexibility index (Phi) is 6.16. The van der Waals surface area contributed by atoms with E-state index in [0.29, 0.717) is 28.3 Å². The summed E-state index contributed by atoms with van der Waals surface area (Å²) in [5, 5.41) is 3.21. The first-order chi connectivity index (χ1) is 16.2.